The topological polar surface area (TPSA) is 60.2 Å². The van der Waals surface area contributed by atoms with Crippen molar-refractivity contribution in [3.05, 3.63) is 38.9 Å². The van der Waals surface area contributed by atoms with Crippen molar-refractivity contribution in [3.8, 4) is 0 Å². The van der Waals surface area contributed by atoms with Crippen LogP contribution in [0.5, 0.6) is 0 Å². The minimum absolute atomic E-state index is 0.00502. The predicted octanol–water partition coefficient (Wildman–Crippen LogP) is 2.56. The highest BCUT2D eigenvalue weighted by atomic mass is 35.5. The second kappa shape index (κ2) is 4.39. The molecule has 0 spiro atoms. The Kier molecular flexibility index (Phi) is 3.43. The Bertz CT molecular complexity index is 392. The SMILES string of the molecule is O=C(Cl)Cc1cccc(Cl)c1[N+](=O)[O-]. The number of nitrogens with zero attached hydrogens (tertiary/aromatic N) is 1. The van der Waals surface area contributed by atoms with E-state index in [1.165, 1.54) is 18.2 Å². The number of hydrogen-bond donors (Lipinski definition) is 0. The highest BCUT2D eigenvalue weighted by molar-refractivity contribution is 6.63. The van der Waals surface area contributed by atoms with Gasteiger partial charge in [0.25, 0.3) is 5.69 Å². The van der Waals surface area contributed by atoms with Gasteiger partial charge in [-0.05, 0) is 17.7 Å². The second-order valence-corrected chi connectivity index (χ2v) is 3.37. The summed E-state index contributed by atoms with van der Waals surface area (Å²) in [6.45, 7) is 0. The summed E-state index contributed by atoms with van der Waals surface area (Å²) in [6, 6.07) is 4.37. The van der Waals surface area contributed by atoms with Crippen molar-refractivity contribution >= 4 is 34.1 Å². The molecule has 6 heteroatoms. The van der Waals surface area contributed by atoms with Gasteiger partial charge in [-0.25, -0.2) is 0 Å². The predicted molar refractivity (Wildman–Crippen MR) is 52.7 cm³/mol. The third-order valence-corrected chi connectivity index (χ3v) is 2.02. The number of para-hydroxylation sites is 1. The molecule has 0 aliphatic heterocycles. The Morgan fingerprint density at radius 2 is 2.14 bits per heavy atom. The second-order valence-electron chi connectivity index (χ2n) is 2.54. The van der Waals surface area contributed by atoms with E-state index in [0.29, 0.717) is 0 Å². The zero-order valence-electron chi connectivity index (χ0n) is 6.87. The van der Waals surface area contributed by atoms with Crippen LogP contribution in [0.4, 0.5) is 5.69 Å². The molecule has 0 fully saturated rings. The van der Waals surface area contributed by atoms with Gasteiger partial charge in [0.05, 0.1) is 11.3 Å². The molecule has 0 atom stereocenters. The molecule has 1 aromatic carbocycles. The summed E-state index contributed by atoms with van der Waals surface area (Å²) in [5, 5.41) is 9.94. The number of halogens is 2. The van der Waals surface area contributed by atoms with Gasteiger partial charge >= 0.3 is 0 Å². The van der Waals surface area contributed by atoms with Crippen LogP contribution in [0, 0.1) is 10.1 Å². The lowest BCUT2D eigenvalue weighted by Gasteiger charge is -2.00. The van der Waals surface area contributed by atoms with Crippen molar-refractivity contribution in [2.75, 3.05) is 0 Å². The summed E-state index contributed by atoms with van der Waals surface area (Å²) in [6.07, 6.45) is -0.196. The minimum atomic E-state index is -0.657. The molecule has 0 saturated carbocycles. The van der Waals surface area contributed by atoms with E-state index in [1.54, 1.807) is 0 Å². The zero-order valence-corrected chi connectivity index (χ0v) is 8.38. The van der Waals surface area contributed by atoms with Crippen molar-refractivity contribution in [1.29, 1.82) is 0 Å². The van der Waals surface area contributed by atoms with E-state index in [2.05, 4.69) is 0 Å². The van der Waals surface area contributed by atoms with E-state index < -0.39 is 10.2 Å². The lowest BCUT2D eigenvalue weighted by Crippen LogP contribution is -2.00. The van der Waals surface area contributed by atoms with Crippen LogP contribution >= 0.6 is 23.2 Å². The fraction of sp³-hybridized carbons (Fsp3) is 0.125. The molecule has 0 heterocycles. The van der Waals surface area contributed by atoms with Crippen LogP contribution in [-0.4, -0.2) is 10.2 Å². The molecule has 0 aliphatic rings. The summed E-state index contributed by atoms with van der Waals surface area (Å²) in [5.41, 5.74) is -0.0364. The molecule has 0 saturated heterocycles. The smallest absolute Gasteiger partial charge is 0.281 e. The quantitative estimate of drug-likeness (QED) is 0.458. The van der Waals surface area contributed by atoms with Gasteiger partial charge in [-0.1, -0.05) is 23.7 Å². The standard InChI is InChI=1S/C8H5Cl2NO3/c9-6-3-1-2-5(4-7(10)12)8(6)11(13)14/h1-3H,4H2. The molecule has 1 rings (SSSR count). The summed E-state index contributed by atoms with van der Waals surface area (Å²) < 4.78 is 0. The number of rotatable bonds is 3. The molecule has 74 valence electrons. The van der Waals surface area contributed by atoms with Crippen molar-refractivity contribution in [2.45, 2.75) is 6.42 Å². The summed E-state index contributed by atoms with van der Waals surface area (Å²) in [5.74, 6) is 0. The zero-order chi connectivity index (χ0) is 10.7. The van der Waals surface area contributed by atoms with Gasteiger partial charge in [-0.15, -0.1) is 0 Å². The number of nitro benzene ring substituents is 1. The van der Waals surface area contributed by atoms with Gasteiger partial charge in [-0.2, -0.15) is 0 Å². The molecule has 1 aromatic rings. The van der Waals surface area contributed by atoms with Crippen LogP contribution in [0.25, 0.3) is 0 Å². The lowest BCUT2D eigenvalue weighted by atomic mass is 10.1. The Labute approximate surface area is 89.6 Å². The Balaban J connectivity index is 3.21. The Morgan fingerprint density at radius 3 is 2.64 bits per heavy atom. The molecular formula is C8H5Cl2NO3. The van der Waals surface area contributed by atoms with E-state index in [4.69, 9.17) is 23.2 Å². The first-order valence-corrected chi connectivity index (χ1v) is 4.38. The van der Waals surface area contributed by atoms with Crippen LogP contribution in [0.1, 0.15) is 5.56 Å². The molecule has 14 heavy (non-hydrogen) atoms. The molecule has 0 aliphatic carbocycles. The van der Waals surface area contributed by atoms with Gasteiger partial charge in [0.2, 0.25) is 5.24 Å². The van der Waals surface area contributed by atoms with Crippen LogP contribution < -0.4 is 0 Å². The van der Waals surface area contributed by atoms with Gasteiger partial charge < -0.3 is 0 Å². The average Bonchev–Trinajstić information content (AvgIpc) is 2.01. The van der Waals surface area contributed by atoms with Crippen LogP contribution in [0.2, 0.25) is 5.02 Å². The van der Waals surface area contributed by atoms with E-state index in [-0.39, 0.29) is 22.7 Å². The molecular weight excluding hydrogens is 229 g/mol. The van der Waals surface area contributed by atoms with Crippen LogP contribution in [0.15, 0.2) is 18.2 Å². The van der Waals surface area contributed by atoms with Crippen LogP contribution in [0.3, 0.4) is 0 Å². The Morgan fingerprint density at radius 1 is 1.50 bits per heavy atom. The fourth-order valence-corrected chi connectivity index (χ4v) is 1.46. The maximum absolute atomic E-state index is 10.6. The number of hydrogen-bond acceptors (Lipinski definition) is 3. The lowest BCUT2D eigenvalue weighted by molar-refractivity contribution is -0.385. The number of carbonyl (C=O) groups excluding carboxylic acids is 1. The van der Waals surface area contributed by atoms with E-state index in [9.17, 15) is 14.9 Å². The molecule has 4 nitrogen and oxygen atoms in total. The summed E-state index contributed by atoms with van der Waals surface area (Å²) in [7, 11) is 0. The van der Waals surface area contributed by atoms with Gasteiger partial charge in [0.1, 0.15) is 5.02 Å². The van der Waals surface area contributed by atoms with E-state index in [1.807, 2.05) is 0 Å². The summed E-state index contributed by atoms with van der Waals surface area (Å²) >= 11 is 10.7. The number of carbonyl (C=O) groups is 1. The monoisotopic (exact) mass is 233 g/mol. The van der Waals surface area contributed by atoms with Gasteiger partial charge in [0.15, 0.2) is 0 Å². The third kappa shape index (κ3) is 2.43. The third-order valence-electron chi connectivity index (χ3n) is 1.58. The molecule has 0 bridgehead atoms. The summed E-state index contributed by atoms with van der Waals surface area (Å²) in [4.78, 5) is 20.6. The maximum atomic E-state index is 10.6. The van der Waals surface area contributed by atoms with Gasteiger partial charge in [-0.3, -0.25) is 14.9 Å². The Hall–Kier alpha value is -1.13. The largest absolute Gasteiger partial charge is 0.291 e. The average molecular weight is 234 g/mol. The normalized spacial score (nSPS) is 9.86. The maximum Gasteiger partial charge on any atom is 0.291 e. The highest BCUT2D eigenvalue weighted by Gasteiger charge is 2.19. The van der Waals surface area contributed by atoms with Crippen molar-refractivity contribution in [3.63, 3.8) is 0 Å². The molecule has 0 radical (unpaired) electrons. The van der Waals surface area contributed by atoms with E-state index in [0.717, 1.165) is 0 Å². The minimum Gasteiger partial charge on any atom is -0.281 e. The van der Waals surface area contributed by atoms with E-state index >= 15 is 0 Å². The first kappa shape index (κ1) is 10.9. The van der Waals surface area contributed by atoms with Crippen molar-refractivity contribution in [1.82, 2.24) is 0 Å². The number of benzene rings is 1. The van der Waals surface area contributed by atoms with Crippen molar-refractivity contribution < 1.29 is 9.72 Å². The van der Waals surface area contributed by atoms with Gasteiger partial charge in [0, 0.05) is 5.56 Å². The molecule has 0 aromatic heterocycles. The number of nitro groups is 1. The molecule has 0 unspecified atom stereocenters. The highest BCUT2D eigenvalue weighted by Crippen LogP contribution is 2.28. The van der Waals surface area contributed by atoms with Crippen LogP contribution in [-0.2, 0) is 11.2 Å². The van der Waals surface area contributed by atoms with Crippen molar-refractivity contribution in [2.24, 2.45) is 0 Å². The first-order valence-electron chi connectivity index (χ1n) is 3.62. The molecule has 0 amide bonds. The fourth-order valence-electron chi connectivity index (χ4n) is 1.06. The first-order chi connectivity index (χ1) is 6.52. The molecule has 0 N–H and O–H groups in total.